The van der Waals surface area contributed by atoms with Gasteiger partial charge >= 0.3 is 0 Å². The summed E-state index contributed by atoms with van der Waals surface area (Å²) in [6.07, 6.45) is 1.85. The summed E-state index contributed by atoms with van der Waals surface area (Å²) in [5.74, 6) is 0.125. The van der Waals surface area contributed by atoms with E-state index in [1.807, 2.05) is 13.8 Å². The zero-order valence-corrected chi connectivity index (χ0v) is 11.8. The highest BCUT2D eigenvalue weighted by atomic mass is 16.7. The lowest BCUT2D eigenvalue weighted by atomic mass is 10.0. The van der Waals surface area contributed by atoms with Gasteiger partial charge in [-0.1, -0.05) is 0 Å². The quantitative estimate of drug-likeness (QED) is 0.769. The third-order valence-electron chi connectivity index (χ3n) is 4.08. The minimum Gasteiger partial charge on any atom is -0.349 e. The maximum absolute atomic E-state index is 9.40. The van der Waals surface area contributed by atoms with Gasteiger partial charge in [0.25, 0.3) is 0 Å². The van der Waals surface area contributed by atoms with E-state index in [1.165, 1.54) is 0 Å². The molecule has 2 aliphatic rings. The second-order valence-electron chi connectivity index (χ2n) is 5.35. The van der Waals surface area contributed by atoms with E-state index in [0.717, 1.165) is 30.6 Å². The normalized spacial score (nSPS) is 21.1. The van der Waals surface area contributed by atoms with E-state index < -0.39 is 5.79 Å². The molecule has 2 saturated heterocycles. The van der Waals surface area contributed by atoms with E-state index >= 15 is 0 Å². The van der Waals surface area contributed by atoms with Crippen molar-refractivity contribution < 1.29 is 9.47 Å². The second-order valence-corrected chi connectivity index (χ2v) is 5.35. The molecule has 6 heteroatoms. The van der Waals surface area contributed by atoms with Crippen LogP contribution >= 0.6 is 0 Å². The third-order valence-corrected chi connectivity index (χ3v) is 4.08. The van der Waals surface area contributed by atoms with Crippen LogP contribution in [0, 0.1) is 25.2 Å². The molecule has 1 spiro atoms. The Bertz CT molecular complexity index is 561. The number of hydrogen-bond donors (Lipinski definition) is 0. The van der Waals surface area contributed by atoms with E-state index in [4.69, 9.17) is 9.47 Å². The zero-order chi connectivity index (χ0) is 14.2. The predicted molar refractivity (Wildman–Crippen MR) is 72.3 cm³/mol. The average molecular weight is 274 g/mol. The van der Waals surface area contributed by atoms with E-state index in [0.29, 0.717) is 31.1 Å². The van der Waals surface area contributed by atoms with Crippen LogP contribution in [0.25, 0.3) is 0 Å². The van der Waals surface area contributed by atoms with Crippen LogP contribution in [0.2, 0.25) is 0 Å². The monoisotopic (exact) mass is 274 g/mol. The van der Waals surface area contributed by atoms with Gasteiger partial charge in [0, 0.05) is 13.0 Å². The summed E-state index contributed by atoms with van der Waals surface area (Å²) >= 11 is 0. The molecule has 0 bridgehead atoms. The summed E-state index contributed by atoms with van der Waals surface area (Å²) < 4.78 is 11.5. The van der Waals surface area contributed by atoms with Crippen molar-refractivity contribution in [3.05, 3.63) is 16.8 Å². The number of nitrogens with zero attached hydrogens (tertiary/aromatic N) is 4. The fraction of sp³-hybridized carbons (Fsp3) is 0.643. The summed E-state index contributed by atoms with van der Waals surface area (Å²) in [4.78, 5) is 2.06. The third kappa shape index (κ3) is 2.13. The number of ether oxygens (including phenoxy) is 2. The van der Waals surface area contributed by atoms with Crippen molar-refractivity contribution in [3.63, 3.8) is 0 Å². The fourth-order valence-corrected chi connectivity index (χ4v) is 2.85. The Morgan fingerprint density at radius 2 is 2.00 bits per heavy atom. The van der Waals surface area contributed by atoms with Gasteiger partial charge in [0.05, 0.1) is 25.5 Å². The van der Waals surface area contributed by atoms with Crippen molar-refractivity contribution in [1.29, 1.82) is 5.26 Å². The number of nitriles is 1. The highest BCUT2D eigenvalue weighted by Gasteiger charge is 2.41. The van der Waals surface area contributed by atoms with E-state index in [1.54, 1.807) is 0 Å². The topological polar surface area (TPSA) is 71.3 Å². The minimum atomic E-state index is -0.522. The highest BCUT2D eigenvalue weighted by Crippen LogP contribution is 2.33. The van der Waals surface area contributed by atoms with Gasteiger partial charge < -0.3 is 14.4 Å². The molecule has 3 heterocycles. The Balaban J connectivity index is 1.93. The maximum atomic E-state index is 9.40. The first-order valence-corrected chi connectivity index (χ1v) is 6.92. The molecule has 2 fully saturated rings. The molecule has 0 N–H and O–H groups in total. The largest absolute Gasteiger partial charge is 0.349 e. The molecule has 1 aromatic rings. The Morgan fingerprint density at radius 3 is 2.70 bits per heavy atom. The van der Waals surface area contributed by atoms with Gasteiger partial charge in [0.2, 0.25) is 0 Å². The molecular weight excluding hydrogens is 256 g/mol. The van der Waals surface area contributed by atoms with Crippen LogP contribution in [0.5, 0.6) is 0 Å². The van der Waals surface area contributed by atoms with E-state index in [9.17, 15) is 5.26 Å². The molecule has 0 aromatic carbocycles. The van der Waals surface area contributed by atoms with Gasteiger partial charge in [-0.15, -0.1) is 5.10 Å². The molecule has 0 unspecified atom stereocenters. The van der Waals surface area contributed by atoms with Crippen molar-refractivity contribution in [3.8, 4) is 6.07 Å². The number of hydrogen-bond acceptors (Lipinski definition) is 6. The molecule has 106 valence electrons. The zero-order valence-electron chi connectivity index (χ0n) is 11.8. The average Bonchev–Trinajstić information content (AvgIpc) is 2.89. The Kier molecular flexibility index (Phi) is 3.32. The van der Waals surface area contributed by atoms with Crippen LogP contribution in [0.15, 0.2) is 0 Å². The molecule has 0 saturated carbocycles. The molecule has 2 aliphatic heterocycles. The Hall–Kier alpha value is -1.71. The van der Waals surface area contributed by atoms with E-state index in [-0.39, 0.29) is 0 Å². The van der Waals surface area contributed by atoms with Crippen LogP contribution in [0.1, 0.15) is 29.7 Å². The molecule has 0 aliphatic carbocycles. The molecule has 3 rings (SSSR count). The summed E-state index contributed by atoms with van der Waals surface area (Å²) in [6.45, 7) is 6.51. The number of piperidine rings is 1. The van der Waals surface area contributed by atoms with Crippen LogP contribution in [0.3, 0.4) is 0 Å². The fourth-order valence-electron chi connectivity index (χ4n) is 2.85. The molecule has 0 atom stereocenters. The van der Waals surface area contributed by atoms with Crippen LogP contribution in [-0.2, 0) is 9.47 Å². The summed E-state index contributed by atoms with van der Waals surface area (Å²) in [6, 6.07) is 2.26. The molecule has 0 amide bonds. The van der Waals surface area contributed by atoms with Crippen LogP contribution < -0.4 is 4.90 Å². The first kappa shape index (κ1) is 13.3. The smallest absolute Gasteiger partial charge is 0.186 e. The van der Waals surface area contributed by atoms with Crippen molar-refractivity contribution >= 4 is 5.82 Å². The van der Waals surface area contributed by atoms with Crippen molar-refractivity contribution in [1.82, 2.24) is 10.2 Å². The molecule has 20 heavy (non-hydrogen) atoms. The summed E-state index contributed by atoms with van der Waals surface area (Å²) in [5, 5.41) is 17.8. The first-order valence-electron chi connectivity index (χ1n) is 6.92. The lowest BCUT2D eigenvalue weighted by molar-refractivity contribution is -0.161. The van der Waals surface area contributed by atoms with Crippen molar-refractivity contribution in [2.45, 2.75) is 32.5 Å². The van der Waals surface area contributed by atoms with Crippen LogP contribution in [0.4, 0.5) is 5.82 Å². The van der Waals surface area contributed by atoms with Gasteiger partial charge in [-0.25, -0.2) is 0 Å². The number of aromatic nitrogens is 2. The summed E-state index contributed by atoms with van der Waals surface area (Å²) in [5.41, 5.74) is 2.29. The van der Waals surface area contributed by atoms with Gasteiger partial charge in [-0.3, -0.25) is 0 Å². The SMILES string of the molecule is Cc1nnc(N2CCCC3(C2)OCCO3)c(C#N)c1C. The number of anilines is 1. The maximum Gasteiger partial charge on any atom is 0.186 e. The molecule has 6 nitrogen and oxygen atoms in total. The summed E-state index contributed by atoms with van der Waals surface area (Å²) in [7, 11) is 0. The lowest BCUT2D eigenvalue weighted by Crippen LogP contribution is -2.49. The van der Waals surface area contributed by atoms with Gasteiger partial charge in [0.15, 0.2) is 11.6 Å². The standard InChI is InChI=1S/C14H18N4O2/c1-10-11(2)16-17-13(12(10)8-15)18-5-3-4-14(9-18)19-6-7-20-14/h3-7,9H2,1-2H3. The van der Waals surface area contributed by atoms with Crippen molar-refractivity contribution in [2.24, 2.45) is 0 Å². The van der Waals surface area contributed by atoms with Crippen molar-refractivity contribution in [2.75, 3.05) is 31.2 Å². The second kappa shape index (κ2) is 5.00. The molecule has 0 radical (unpaired) electrons. The van der Waals surface area contributed by atoms with Gasteiger partial charge in [0.1, 0.15) is 11.6 Å². The van der Waals surface area contributed by atoms with E-state index in [2.05, 4.69) is 21.2 Å². The lowest BCUT2D eigenvalue weighted by Gasteiger charge is -2.39. The number of rotatable bonds is 1. The molecule has 1 aromatic heterocycles. The van der Waals surface area contributed by atoms with Crippen LogP contribution in [-0.4, -0.2) is 42.3 Å². The first-order chi connectivity index (χ1) is 9.65. The van der Waals surface area contributed by atoms with Gasteiger partial charge in [-0.2, -0.15) is 10.4 Å². The van der Waals surface area contributed by atoms with Gasteiger partial charge in [-0.05, 0) is 25.8 Å². The Labute approximate surface area is 118 Å². The number of aryl methyl sites for hydroxylation is 1. The highest BCUT2D eigenvalue weighted by molar-refractivity contribution is 5.57. The predicted octanol–water partition coefficient (Wildman–Crippen LogP) is 1.31. The Morgan fingerprint density at radius 1 is 1.25 bits per heavy atom. The molecular formula is C14H18N4O2. The minimum absolute atomic E-state index is 0.522.